The molecule has 0 aliphatic rings. The van der Waals surface area contributed by atoms with Crippen molar-refractivity contribution in [1.82, 2.24) is 20.6 Å². The largest absolute Gasteiger partial charge is 0.481 e. The summed E-state index contributed by atoms with van der Waals surface area (Å²) in [7, 11) is 0. The average Bonchev–Trinajstić information content (AvgIpc) is 3.04. The van der Waals surface area contributed by atoms with Crippen molar-refractivity contribution < 1.29 is 24.3 Å². The van der Waals surface area contributed by atoms with E-state index in [-0.39, 0.29) is 25.7 Å². The van der Waals surface area contributed by atoms with Gasteiger partial charge in [-0.3, -0.25) is 19.2 Å². The first-order valence-electron chi connectivity index (χ1n) is 7.04. The molecule has 1 aromatic rings. The summed E-state index contributed by atoms with van der Waals surface area (Å²) in [5.41, 5.74) is 0.570. The van der Waals surface area contributed by atoms with Crippen LogP contribution in [0.15, 0.2) is 17.7 Å². The number of aromatic amines is 1. The third-order valence-electron chi connectivity index (χ3n) is 2.94. The molecule has 0 fully saturated rings. The second-order valence-corrected chi connectivity index (χ2v) is 4.85. The van der Waals surface area contributed by atoms with Gasteiger partial charge < -0.3 is 20.7 Å². The van der Waals surface area contributed by atoms with Crippen LogP contribution in [0.2, 0.25) is 0 Å². The van der Waals surface area contributed by atoms with E-state index in [4.69, 9.17) is 5.11 Å². The summed E-state index contributed by atoms with van der Waals surface area (Å²) < 4.78 is 0. The number of carboxylic acid groups (broad SMARTS) is 1. The highest BCUT2D eigenvalue weighted by atomic mass is 16.4. The number of nitrogens with zero attached hydrogens (tertiary/aromatic N) is 2. The van der Waals surface area contributed by atoms with Gasteiger partial charge in [0.2, 0.25) is 11.8 Å². The second kappa shape index (κ2) is 9.82. The first-order chi connectivity index (χ1) is 11.4. The van der Waals surface area contributed by atoms with Crippen LogP contribution >= 0.6 is 0 Å². The lowest BCUT2D eigenvalue weighted by Crippen LogP contribution is -2.49. The first kappa shape index (κ1) is 18.9. The van der Waals surface area contributed by atoms with Gasteiger partial charge in [-0.05, 0) is 6.42 Å². The Bertz CT molecular complexity index is 600. The van der Waals surface area contributed by atoms with Crippen LogP contribution < -0.4 is 10.6 Å². The Hall–Kier alpha value is -3.11. The van der Waals surface area contributed by atoms with E-state index in [2.05, 4.69) is 25.8 Å². The van der Waals surface area contributed by atoms with Gasteiger partial charge in [0.25, 0.3) is 0 Å². The highest BCUT2D eigenvalue weighted by Crippen LogP contribution is 2.01. The summed E-state index contributed by atoms with van der Waals surface area (Å²) in [5.74, 6) is -3.24. The van der Waals surface area contributed by atoms with Crippen molar-refractivity contribution in [3.63, 3.8) is 0 Å². The minimum atomic E-state index is -1.04. The van der Waals surface area contributed by atoms with Crippen molar-refractivity contribution in [2.75, 3.05) is 6.54 Å². The number of hydrogen-bond donors (Lipinski definition) is 4. The minimum absolute atomic E-state index is 0.0616. The third kappa shape index (κ3) is 7.24. The van der Waals surface area contributed by atoms with Gasteiger partial charge in [-0.25, -0.2) is 4.98 Å². The van der Waals surface area contributed by atoms with Crippen molar-refractivity contribution in [2.45, 2.75) is 31.7 Å². The molecule has 0 aliphatic carbocycles. The molecule has 11 heteroatoms. The number of nitroso groups, excluding NO2 is 1. The van der Waals surface area contributed by atoms with Gasteiger partial charge in [0, 0.05) is 36.3 Å². The van der Waals surface area contributed by atoms with Crippen molar-refractivity contribution in [1.29, 1.82) is 0 Å². The van der Waals surface area contributed by atoms with E-state index in [9.17, 15) is 24.1 Å². The molecule has 0 aliphatic heterocycles. The lowest BCUT2D eigenvalue weighted by molar-refractivity contribution is -0.137. The van der Waals surface area contributed by atoms with E-state index < -0.39 is 36.3 Å². The molecule has 11 nitrogen and oxygen atoms in total. The van der Waals surface area contributed by atoms with Gasteiger partial charge in [-0.2, -0.15) is 0 Å². The summed E-state index contributed by atoms with van der Waals surface area (Å²) in [4.78, 5) is 61.7. The number of aliphatic carboxylic acids is 1. The van der Waals surface area contributed by atoms with Crippen LogP contribution in [-0.4, -0.2) is 51.4 Å². The fourth-order valence-electron chi connectivity index (χ4n) is 1.81. The maximum absolute atomic E-state index is 12.1. The van der Waals surface area contributed by atoms with Gasteiger partial charge in [-0.1, -0.05) is 0 Å². The van der Waals surface area contributed by atoms with E-state index in [1.807, 2.05) is 0 Å². The second-order valence-electron chi connectivity index (χ2n) is 4.85. The number of carbonyl (C=O) groups is 4. The number of carbonyl (C=O) groups excluding carboxylic acids is 3. The number of carboxylic acids is 1. The fourth-order valence-corrected chi connectivity index (χ4v) is 1.81. The molecule has 0 bridgehead atoms. The van der Waals surface area contributed by atoms with Gasteiger partial charge >= 0.3 is 11.9 Å². The number of H-pyrrole nitrogens is 1. The zero-order valence-electron chi connectivity index (χ0n) is 12.7. The first-order valence-corrected chi connectivity index (χ1v) is 7.04. The molecule has 1 rings (SSSR count). The van der Waals surface area contributed by atoms with Crippen LogP contribution in [0.1, 0.15) is 25.0 Å². The average molecular weight is 339 g/mol. The number of aromatic nitrogens is 2. The SMILES string of the molecule is O=NC(=O)CNC(=O)C(Cc1cnc[nH]1)NC(=O)CCCC(=O)O. The molecule has 1 aromatic heterocycles. The van der Waals surface area contributed by atoms with E-state index in [1.54, 1.807) is 0 Å². The Labute approximate surface area is 136 Å². The van der Waals surface area contributed by atoms with E-state index in [0.717, 1.165) is 0 Å². The van der Waals surface area contributed by atoms with Crippen LogP contribution in [0.3, 0.4) is 0 Å². The Morgan fingerprint density at radius 3 is 2.62 bits per heavy atom. The smallest absolute Gasteiger partial charge is 0.305 e. The molecule has 0 radical (unpaired) electrons. The number of imidazole rings is 1. The summed E-state index contributed by atoms with van der Waals surface area (Å²) >= 11 is 0. The molecular weight excluding hydrogens is 322 g/mol. The van der Waals surface area contributed by atoms with Crippen LogP contribution in [0.5, 0.6) is 0 Å². The molecule has 1 atom stereocenters. The minimum Gasteiger partial charge on any atom is -0.481 e. The van der Waals surface area contributed by atoms with Gasteiger partial charge in [0.1, 0.15) is 12.6 Å². The molecule has 3 amide bonds. The molecule has 0 saturated carbocycles. The fraction of sp³-hybridized carbons (Fsp3) is 0.462. The highest BCUT2D eigenvalue weighted by molar-refractivity contribution is 5.90. The molecule has 0 spiro atoms. The maximum Gasteiger partial charge on any atom is 0.305 e. The van der Waals surface area contributed by atoms with Gasteiger partial charge in [0.15, 0.2) is 0 Å². The summed E-state index contributed by atoms with van der Waals surface area (Å²) in [6.45, 7) is -0.573. The topological polar surface area (TPSA) is 171 Å². The zero-order valence-corrected chi connectivity index (χ0v) is 12.7. The Morgan fingerprint density at radius 1 is 1.29 bits per heavy atom. The summed E-state index contributed by atoms with van der Waals surface area (Å²) in [6.07, 6.45) is 2.86. The molecule has 24 heavy (non-hydrogen) atoms. The van der Waals surface area contributed by atoms with Crippen LogP contribution in [0.4, 0.5) is 0 Å². The van der Waals surface area contributed by atoms with E-state index >= 15 is 0 Å². The van der Waals surface area contributed by atoms with Gasteiger partial charge in [0.05, 0.1) is 6.33 Å². The van der Waals surface area contributed by atoms with Gasteiger partial charge in [-0.15, -0.1) is 4.91 Å². The number of amides is 3. The lowest BCUT2D eigenvalue weighted by atomic mass is 10.1. The lowest BCUT2D eigenvalue weighted by Gasteiger charge is -2.17. The standard InChI is InChI=1S/C13H17N5O6/c19-10(2-1-3-12(21)22)17-9(4-8-5-14-7-16-8)13(23)15-6-11(20)18-24/h5,7,9H,1-4,6H2,(H,14,16)(H,15,23)(H,17,19)(H,21,22). The number of nitrogens with one attached hydrogen (secondary N) is 3. The molecule has 1 heterocycles. The van der Waals surface area contributed by atoms with Crippen molar-refractivity contribution in [3.05, 3.63) is 23.1 Å². The predicted octanol–water partition coefficient (Wildman–Crippen LogP) is -0.899. The van der Waals surface area contributed by atoms with Crippen molar-refractivity contribution in [2.24, 2.45) is 5.18 Å². The van der Waals surface area contributed by atoms with Crippen LogP contribution in [0, 0.1) is 4.91 Å². The predicted molar refractivity (Wildman–Crippen MR) is 79.5 cm³/mol. The summed E-state index contributed by atoms with van der Waals surface area (Å²) in [6, 6.07) is -1.01. The van der Waals surface area contributed by atoms with Crippen molar-refractivity contribution in [3.8, 4) is 0 Å². The monoisotopic (exact) mass is 339 g/mol. The summed E-state index contributed by atoms with van der Waals surface area (Å²) in [5, 5.41) is 15.3. The molecule has 1 unspecified atom stereocenters. The Morgan fingerprint density at radius 2 is 2.04 bits per heavy atom. The van der Waals surface area contributed by atoms with E-state index in [0.29, 0.717) is 5.69 Å². The maximum atomic E-state index is 12.1. The Balaban J connectivity index is 2.61. The molecule has 4 N–H and O–H groups in total. The van der Waals surface area contributed by atoms with Crippen LogP contribution in [0.25, 0.3) is 0 Å². The molecule has 0 aromatic carbocycles. The number of rotatable bonds is 10. The highest BCUT2D eigenvalue weighted by Gasteiger charge is 2.22. The normalized spacial score (nSPS) is 11.3. The van der Waals surface area contributed by atoms with E-state index in [1.165, 1.54) is 12.5 Å². The van der Waals surface area contributed by atoms with Crippen molar-refractivity contribution >= 4 is 23.7 Å². The molecular formula is C13H17N5O6. The number of hydrogen-bond acceptors (Lipinski definition) is 6. The Kier molecular flexibility index (Phi) is 7.75. The van der Waals surface area contributed by atoms with Crippen LogP contribution in [-0.2, 0) is 25.6 Å². The molecule has 0 saturated heterocycles. The molecule has 130 valence electrons. The quantitative estimate of drug-likeness (QED) is 0.400. The third-order valence-corrected chi connectivity index (χ3v) is 2.94. The zero-order chi connectivity index (χ0) is 17.9.